The molecule has 0 amide bonds. The van der Waals surface area contributed by atoms with Gasteiger partial charge in [-0.2, -0.15) is 0 Å². The van der Waals surface area contributed by atoms with Crippen LogP contribution in [0, 0.1) is 9.39 Å². The fourth-order valence-corrected chi connectivity index (χ4v) is 1.62. The maximum atomic E-state index is 13.0. The van der Waals surface area contributed by atoms with Gasteiger partial charge in [-0.15, -0.1) is 0 Å². The van der Waals surface area contributed by atoms with Gasteiger partial charge in [0, 0.05) is 3.57 Å². The van der Waals surface area contributed by atoms with Crippen LogP contribution in [0.1, 0.15) is 26.3 Å². The van der Waals surface area contributed by atoms with Gasteiger partial charge in [0.25, 0.3) is 0 Å². The summed E-state index contributed by atoms with van der Waals surface area (Å²) in [5.41, 5.74) is 1.08. The molecule has 66 valence electrons. The van der Waals surface area contributed by atoms with E-state index in [0.29, 0.717) is 0 Å². The zero-order valence-corrected chi connectivity index (χ0v) is 9.65. The lowest BCUT2D eigenvalue weighted by Crippen LogP contribution is -2.11. The summed E-state index contributed by atoms with van der Waals surface area (Å²) < 4.78 is 13.9. The molecule has 1 rings (SSSR count). The van der Waals surface area contributed by atoms with E-state index in [1.165, 1.54) is 6.07 Å². The van der Waals surface area contributed by atoms with Crippen LogP contribution in [0.15, 0.2) is 18.2 Å². The Morgan fingerprint density at radius 3 is 2.17 bits per heavy atom. The fraction of sp³-hybridized carbons (Fsp3) is 0.400. The van der Waals surface area contributed by atoms with Crippen LogP contribution in [0.25, 0.3) is 0 Å². The maximum Gasteiger partial charge on any atom is 0.124 e. The topological polar surface area (TPSA) is 0 Å². The third-order valence-corrected chi connectivity index (χ3v) is 2.35. The van der Waals surface area contributed by atoms with E-state index in [-0.39, 0.29) is 11.2 Å². The summed E-state index contributed by atoms with van der Waals surface area (Å²) in [6.45, 7) is 6.24. The predicted octanol–water partition coefficient (Wildman–Crippen LogP) is 3.73. The Morgan fingerprint density at radius 2 is 1.75 bits per heavy atom. The Labute approximate surface area is 86.3 Å². The summed E-state index contributed by atoms with van der Waals surface area (Å²) in [5, 5.41) is 0. The average Bonchev–Trinajstić information content (AvgIpc) is 1.82. The Balaban J connectivity index is 3.18. The van der Waals surface area contributed by atoms with Gasteiger partial charge in [0.15, 0.2) is 0 Å². The summed E-state index contributed by atoms with van der Waals surface area (Å²) in [5.74, 6) is -0.146. The van der Waals surface area contributed by atoms with Gasteiger partial charge < -0.3 is 0 Å². The highest BCUT2D eigenvalue weighted by molar-refractivity contribution is 14.1. The molecule has 0 atom stereocenters. The standard InChI is InChI=1S/C10H12FI/c1-10(2,3)7-4-8(11)6-9(12)5-7/h4-6H,1-3H3. The van der Waals surface area contributed by atoms with E-state index in [0.717, 1.165) is 9.13 Å². The minimum atomic E-state index is -0.146. The van der Waals surface area contributed by atoms with Crippen molar-refractivity contribution in [3.63, 3.8) is 0 Å². The van der Waals surface area contributed by atoms with E-state index < -0.39 is 0 Å². The second-order valence-electron chi connectivity index (χ2n) is 3.91. The van der Waals surface area contributed by atoms with E-state index in [9.17, 15) is 4.39 Å². The molecule has 0 aliphatic rings. The lowest BCUT2D eigenvalue weighted by molar-refractivity contribution is 0.571. The van der Waals surface area contributed by atoms with Crippen molar-refractivity contribution in [3.05, 3.63) is 33.1 Å². The average molecular weight is 278 g/mol. The van der Waals surface area contributed by atoms with Crippen LogP contribution in [0.4, 0.5) is 4.39 Å². The van der Waals surface area contributed by atoms with Crippen LogP contribution in [0.3, 0.4) is 0 Å². The summed E-state index contributed by atoms with van der Waals surface area (Å²) >= 11 is 2.13. The van der Waals surface area contributed by atoms with Crippen molar-refractivity contribution >= 4 is 22.6 Å². The molecule has 12 heavy (non-hydrogen) atoms. The molecule has 0 bridgehead atoms. The van der Waals surface area contributed by atoms with Crippen LogP contribution >= 0.6 is 22.6 Å². The van der Waals surface area contributed by atoms with Gasteiger partial charge in [0.2, 0.25) is 0 Å². The van der Waals surface area contributed by atoms with Crippen molar-refractivity contribution in [1.29, 1.82) is 0 Å². The molecule has 0 heterocycles. The first-order chi connectivity index (χ1) is 5.39. The van der Waals surface area contributed by atoms with Crippen molar-refractivity contribution < 1.29 is 4.39 Å². The number of benzene rings is 1. The van der Waals surface area contributed by atoms with E-state index in [2.05, 4.69) is 43.4 Å². The van der Waals surface area contributed by atoms with Gasteiger partial charge in [-0.1, -0.05) is 20.8 Å². The molecule has 1 aromatic carbocycles. The van der Waals surface area contributed by atoms with Crippen LogP contribution in [0.5, 0.6) is 0 Å². The number of rotatable bonds is 0. The van der Waals surface area contributed by atoms with Crippen LogP contribution in [0.2, 0.25) is 0 Å². The quantitative estimate of drug-likeness (QED) is 0.634. The maximum absolute atomic E-state index is 13.0. The van der Waals surface area contributed by atoms with Crippen LogP contribution in [-0.4, -0.2) is 0 Å². The molecule has 1 aromatic rings. The molecule has 0 saturated heterocycles. The second kappa shape index (κ2) is 3.32. The zero-order chi connectivity index (χ0) is 9.35. The highest BCUT2D eigenvalue weighted by Crippen LogP contribution is 2.24. The molecule has 0 N–H and O–H groups in total. The van der Waals surface area contributed by atoms with E-state index in [1.807, 2.05) is 6.07 Å². The van der Waals surface area contributed by atoms with Crippen molar-refractivity contribution in [1.82, 2.24) is 0 Å². The monoisotopic (exact) mass is 278 g/mol. The molecule has 0 spiro atoms. The van der Waals surface area contributed by atoms with Crippen LogP contribution < -0.4 is 0 Å². The van der Waals surface area contributed by atoms with E-state index in [1.54, 1.807) is 6.07 Å². The number of halogens is 2. The summed E-state index contributed by atoms with van der Waals surface area (Å²) in [7, 11) is 0. The smallest absolute Gasteiger partial charge is 0.124 e. The lowest BCUT2D eigenvalue weighted by Gasteiger charge is -2.19. The van der Waals surface area contributed by atoms with Gasteiger partial charge in [-0.25, -0.2) is 4.39 Å². The van der Waals surface area contributed by atoms with Crippen molar-refractivity contribution in [2.24, 2.45) is 0 Å². The zero-order valence-electron chi connectivity index (χ0n) is 7.49. The highest BCUT2D eigenvalue weighted by atomic mass is 127. The molecular weight excluding hydrogens is 266 g/mol. The molecular formula is C10H12FI. The van der Waals surface area contributed by atoms with Gasteiger partial charge in [0.1, 0.15) is 5.82 Å². The molecule has 0 nitrogen and oxygen atoms in total. The summed E-state index contributed by atoms with van der Waals surface area (Å²) in [6, 6.07) is 5.15. The van der Waals surface area contributed by atoms with Crippen LogP contribution in [-0.2, 0) is 5.41 Å². The summed E-state index contributed by atoms with van der Waals surface area (Å²) in [6.07, 6.45) is 0. The molecule has 0 saturated carbocycles. The first-order valence-corrected chi connectivity index (χ1v) is 4.94. The molecule has 0 aliphatic heterocycles. The molecule has 2 heteroatoms. The molecule has 0 radical (unpaired) electrons. The van der Waals surface area contributed by atoms with Gasteiger partial charge in [-0.3, -0.25) is 0 Å². The summed E-state index contributed by atoms with van der Waals surface area (Å²) in [4.78, 5) is 0. The fourth-order valence-electron chi connectivity index (χ4n) is 0.987. The lowest BCUT2D eigenvalue weighted by atomic mass is 9.87. The minimum absolute atomic E-state index is 0.0298. The van der Waals surface area contributed by atoms with Crippen molar-refractivity contribution in [2.45, 2.75) is 26.2 Å². The van der Waals surface area contributed by atoms with Crippen molar-refractivity contribution in [2.75, 3.05) is 0 Å². The molecule has 0 unspecified atom stereocenters. The molecule has 0 aromatic heterocycles. The van der Waals surface area contributed by atoms with Gasteiger partial charge >= 0.3 is 0 Å². The molecule has 0 fully saturated rings. The number of hydrogen-bond donors (Lipinski definition) is 0. The first kappa shape index (κ1) is 9.96. The third-order valence-electron chi connectivity index (χ3n) is 1.73. The first-order valence-electron chi connectivity index (χ1n) is 3.86. The Morgan fingerprint density at radius 1 is 1.17 bits per heavy atom. The normalized spacial score (nSPS) is 11.8. The van der Waals surface area contributed by atoms with Gasteiger partial charge in [0.05, 0.1) is 0 Å². The third kappa shape index (κ3) is 2.44. The Hall–Kier alpha value is -0.120. The minimum Gasteiger partial charge on any atom is -0.207 e. The Kier molecular flexibility index (Phi) is 2.76. The largest absolute Gasteiger partial charge is 0.207 e. The second-order valence-corrected chi connectivity index (χ2v) is 5.15. The number of hydrogen-bond acceptors (Lipinski definition) is 0. The Bertz CT molecular complexity index is 266. The highest BCUT2D eigenvalue weighted by Gasteiger charge is 2.14. The van der Waals surface area contributed by atoms with E-state index >= 15 is 0 Å². The SMILES string of the molecule is CC(C)(C)c1cc(F)cc(I)c1. The van der Waals surface area contributed by atoms with Crippen molar-refractivity contribution in [3.8, 4) is 0 Å². The van der Waals surface area contributed by atoms with E-state index in [4.69, 9.17) is 0 Å². The molecule has 0 aliphatic carbocycles. The van der Waals surface area contributed by atoms with Gasteiger partial charge in [-0.05, 0) is 51.8 Å². The predicted molar refractivity (Wildman–Crippen MR) is 57.8 cm³/mol.